The van der Waals surface area contributed by atoms with Gasteiger partial charge in [0.25, 0.3) is 0 Å². The minimum Gasteiger partial charge on any atom is -0.488 e. The van der Waals surface area contributed by atoms with Crippen molar-refractivity contribution in [2.75, 3.05) is 14.2 Å². The van der Waals surface area contributed by atoms with E-state index in [-0.39, 0.29) is 36.0 Å². The van der Waals surface area contributed by atoms with Gasteiger partial charge in [-0.25, -0.2) is 19.6 Å². The van der Waals surface area contributed by atoms with Gasteiger partial charge in [0.1, 0.15) is 36.1 Å². The Kier molecular flexibility index (Phi) is 11.4. The van der Waals surface area contributed by atoms with Crippen LogP contribution in [0.3, 0.4) is 0 Å². The first-order valence-electron chi connectivity index (χ1n) is 21.1. The molecule has 316 valence electrons. The van der Waals surface area contributed by atoms with Gasteiger partial charge in [-0.1, -0.05) is 44.9 Å². The van der Waals surface area contributed by atoms with Crippen LogP contribution in [0.25, 0.3) is 44.2 Å². The summed E-state index contributed by atoms with van der Waals surface area (Å²) in [6.45, 7) is 8.43. The van der Waals surface area contributed by atoms with Gasteiger partial charge in [0.15, 0.2) is 0 Å². The summed E-state index contributed by atoms with van der Waals surface area (Å²) in [5.74, 6) is 1.95. The smallest absolute Gasteiger partial charge is 0.407 e. The lowest BCUT2D eigenvalue weighted by Gasteiger charge is -2.31. The van der Waals surface area contributed by atoms with Crippen LogP contribution in [-0.2, 0) is 25.7 Å². The molecule has 6 atom stereocenters. The van der Waals surface area contributed by atoms with Crippen LogP contribution in [0, 0.1) is 0 Å². The number of benzene rings is 3. The fourth-order valence-electron chi connectivity index (χ4n) is 9.39. The molecular weight excluding hydrogens is 765 g/mol. The molecule has 8 rings (SSSR count). The number of ether oxygens (including phenoxy) is 3. The summed E-state index contributed by atoms with van der Waals surface area (Å²) >= 11 is 0. The largest absolute Gasteiger partial charge is 0.488 e. The Morgan fingerprint density at radius 1 is 0.800 bits per heavy atom. The highest BCUT2D eigenvalue weighted by molar-refractivity contribution is 6.07. The third kappa shape index (κ3) is 7.49. The van der Waals surface area contributed by atoms with Gasteiger partial charge in [-0.15, -0.1) is 0 Å². The van der Waals surface area contributed by atoms with Crippen LogP contribution in [0.15, 0.2) is 48.7 Å². The number of alkyl carbamates (subject to hydrolysis) is 2. The van der Waals surface area contributed by atoms with Crippen LogP contribution in [0.4, 0.5) is 9.59 Å². The van der Waals surface area contributed by atoms with Gasteiger partial charge in [0.2, 0.25) is 11.8 Å². The number of nitrogens with zero attached hydrogens (tertiary/aromatic N) is 4. The molecule has 1 unspecified atom stereocenters. The summed E-state index contributed by atoms with van der Waals surface area (Å²) in [6.07, 6.45) is 6.25. The number of carbonyl (C=O) groups excluding carboxylic acids is 4. The Morgan fingerprint density at radius 3 is 2.05 bits per heavy atom. The van der Waals surface area contributed by atoms with E-state index in [4.69, 9.17) is 24.2 Å². The van der Waals surface area contributed by atoms with Gasteiger partial charge < -0.3 is 44.6 Å². The van der Waals surface area contributed by atoms with E-state index < -0.39 is 24.3 Å². The maximum absolute atomic E-state index is 13.9. The van der Waals surface area contributed by atoms with Gasteiger partial charge >= 0.3 is 12.2 Å². The minimum atomic E-state index is -0.679. The van der Waals surface area contributed by atoms with Crippen molar-refractivity contribution in [3.63, 3.8) is 0 Å². The standard InChI is InChI=1S/C45H54N8O7/c1-7-9-33(49-44(56)58-5)42(54)52-24(3)11-17-36(52)40-46-22-35(48-40)27-13-15-29-28(19-27)23-60-38-21-30-26(20-31(29)38)14-16-32-39(30)51-41(47-32)37-18-12-25(4)53(37)43(55)34(10-8-2)50-45(57)59-6/h13-16,19-22,24-25,33-34,36-37H,7-12,17-18,23H2,1-6H3,(H,46,48)(H,47,51)(H,49,56)(H,50,57)/t24-,25-,33-,34?,36-,37-/m0/s1. The first kappa shape index (κ1) is 40.7. The average Bonchev–Trinajstić information content (AvgIpc) is 4.07. The van der Waals surface area contributed by atoms with E-state index in [1.807, 2.05) is 49.8 Å². The Morgan fingerprint density at radius 2 is 1.43 bits per heavy atom. The SMILES string of the molecule is CCCC(NC(=O)OC)C(=O)N1[C@@H](C)CC[C@H]1c1nc2c(ccc3cc4c(cc32)OCc2cc(-c3cnc([C@@H]5CC[C@H](C)N5C(=O)[C@H](CCC)NC(=O)OC)[nH]3)ccc2-4)[nH]1. The third-order valence-corrected chi connectivity index (χ3v) is 12.5. The molecule has 4 amide bonds. The quantitative estimate of drug-likeness (QED) is 0.103. The van der Waals surface area contributed by atoms with Crippen LogP contribution >= 0.6 is 0 Å². The monoisotopic (exact) mass is 818 g/mol. The summed E-state index contributed by atoms with van der Waals surface area (Å²) in [5, 5.41) is 7.44. The highest BCUT2D eigenvalue weighted by Crippen LogP contribution is 2.44. The first-order chi connectivity index (χ1) is 29.0. The molecule has 0 saturated carbocycles. The lowest BCUT2D eigenvalue weighted by atomic mass is 9.92. The zero-order valence-electron chi connectivity index (χ0n) is 35.1. The van der Waals surface area contributed by atoms with E-state index in [1.54, 1.807) is 0 Å². The predicted molar refractivity (Wildman–Crippen MR) is 226 cm³/mol. The minimum absolute atomic E-state index is 0.00294. The molecule has 3 aliphatic rings. The highest BCUT2D eigenvalue weighted by atomic mass is 16.5. The van der Waals surface area contributed by atoms with E-state index in [0.29, 0.717) is 25.3 Å². The van der Waals surface area contributed by atoms with Gasteiger partial charge in [0, 0.05) is 23.0 Å². The molecule has 0 aliphatic carbocycles. The van der Waals surface area contributed by atoms with Crippen LogP contribution in [-0.4, -0.2) is 92.1 Å². The summed E-state index contributed by atoms with van der Waals surface area (Å²) < 4.78 is 16.0. The summed E-state index contributed by atoms with van der Waals surface area (Å²) in [4.78, 5) is 72.5. The Labute approximate surface area is 348 Å². The van der Waals surface area contributed by atoms with Crippen molar-refractivity contribution >= 4 is 45.8 Å². The summed E-state index contributed by atoms with van der Waals surface area (Å²) in [5.41, 5.74) is 6.62. The van der Waals surface area contributed by atoms with E-state index >= 15 is 0 Å². The molecule has 0 radical (unpaired) electrons. The second-order valence-corrected chi connectivity index (χ2v) is 16.3. The number of nitrogens with one attached hydrogen (secondary N) is 4. The maximum Gasteiger partial charge on any atom is 0.407 e. The molecular formula is C45H54N8O7. The van der Waals surface area contributed by atoms with Crippen LogP contribution < -0.4 is 15.4 Å². The zero-order valence-corrected chi connectivity index (χ0v) is 35.1. The lowest BCUT2D eigenvalue weighted by Crippen LogP contribution is -2.50. The number of aromatic amines is 2. The third-order valence-electron chi connectivity index (χ3n) is 12.5. The molecule has 15 heteroatoms. The van der Waals surface area contributed by atoms with E-state index in [9.17, 15) is 19.2 Å². The van der Waals surface area contributed by atoms with E-state index in [1.165, 1.54) is 14.2 Å². The van der Waals surface area contributed by atoms with Gasteiger partial charge in [-0.2, -0.15) is 0 Å². The molecule has 60 heavy (non-hydrogen) atoms. The number of hydrogen-bond donors (Lipinski definition) is 4. The number of amides is 4. The van der Waals surface area contributed by atoms with Gasteiger partial charge in [-0.3, -0.25) is 9.59 Å². The number of fused-ring (bicyclic) bond motifs is 6. The predicted octanol–water partition coefficient (Wildman–Crippen LogP) is 7.82. The molecule has 2 saturated heterocycles. The molecule has 2 aromatic heterocycles. The number of imidazole rings is 2. The Bertz CT molecular complexity index is 2440. The maximum atomic E-state index is 13.9. The van der Waals surface area contributed by atoms with Gasteiger partial charge in [0.05, 0.1) is 49.2 Å². The van der Waals surface area contributed by atoms with Crippen LogP contribution in [0.1, 0.15) is 108 Å². The molecule has 3 aromatic carbocycles. The number of aromatic nitrogens is 4. The fraction of sp³-hybridized carbons (Fsp3) is 0.467. The van der Waals surface area contributed by atoms with Crippen LogP contribution in [0.2, 0.25) is 0 Å². The second kappa shape index (κ2) is 16.9. The van der Waals surface area contributed by atoms with Crippen molar-refractivity contribution in [1.82, 2.24) is 40.4 Å². The Hall–Kier alpha value is -6.12. The summed E-state index contributed by atoms with van der Waals surface area (Å²) in [7, 11) is 2.60. The van der Waals surface area contributed by atoms with E-state index in [0.717, 1.165) is 99.9 Å². The molecule has 4 N–H and O–H groups in total. The van der Waals surface area contributed by atoms with Crippen molar-refractivity contribution in [3.05, 3.63) is 65.9 Å². The van der Waals surface area contributed by atoms with Crippen molar-refractivity contribution in [2.24, 2.45) is 0 Å². The average molecular weight is 819 g/mol. The molecule has 0 spiro atoms. The van der Waals surface area contributed by atoms with Crippen molar-refractivity contribution in [3.8, 4) is 28.1 Å². The number of H-pyrrole nitrogens is 2. The van der Waals surface area contributed by atoms with Crippen molar-refractivity contribution < 1.29 is 33.4 Å². The zero-order chi connectivity index (χ0) is 42.2. The molecule has 15 nitrogen and oxygen atoms in total. The van der Waals surface area contributed by atoms with Gasteiger partial charge in [-0.05, 0) is 98.7 Å². The molecule has 2 fully saturated rings. The topological polar surface area (TPSA) is 184 Å². The number of methoxy groups -OCH3 is 2. The van der Waals surface area contributed by atoms with Crippen molar-refractivity contribution in [2.45, 2.75) is 122 Å². The number of hydrogen-bond acceptors (Lipinski definition) is 9. The first-order valence-corrected chi connectivity index (χ1v) is 21.1. The highest BCUT2D eigenvalue weighted by Gasteiger charge is 2.41. The van der Waals surface area contributed by atoms with E-state index in [2.05, 4.69) is 57.0 Å². The second-order valence-electron chi connectivity index (χ2n) is 16.3. The number of rotatable bonds is 11. The Balaban J connectivity index is 1.04. The van der Waals surface area contributed by atoms with Crippen molar-refractivity contribution in [1.29, 1.82) is 0 Å². The normalized spacial score (nSPS) is 20.6. The lowest BCUT2D eigenvalue weighted by molar-refractivity contribution is -0.137. The number of likely N-dealkylation sites (tertiary alicyclic amines) is 2. The molecule has 5 heterocycles. The molecule has 0 bridgehead atoms. The summed E-state index contributed by atoms with van der Waals surface area (Å²) in [6, 6.07) is 12.8. The molecule has 5 aromatic rings. The van der Waals surface area contributed by atoms with Crippen LogP contribution in [0.5, 0.6) is 5.75 Å². The molecule has 3 aliphatic heterocycles. The number of carbonyl (C=O) groups is 4. The fourth-order valence-corrected chi connectivity index (χ4v) is 9.39.